The van der Waals surface area contributed by atoms with E-state index in [0.717, 1.165) is 19.6 Å². The van der Waals surface area contributed by atoms with Gasteiger partial charge in [-0.25, -0.2) is 0 Å². The molecule has 0 aliphatic carbocycles. The third-order valence-corrected chi connectivity index (χ3v) is 4.84. The molecule has 1 aromatic heterocycles. The lowest BCUT2D eigenvalue weighted by Gasteiger charge is -2.34. The van der Waals surface area contributed by atoms with Crippen LogP contribution in [0.2, 0.25) is 0 Å². The van der Waals surface area contributed by atoms with E-state index in [9.17, 15) is 10.1 Å². The summed E-state index contributed by atoms with van der Waals surface area (Å²) in [6.45, 7) is 6.24. The van der Waals surface area contributed by atoms with Crippen molar-refractivity contribution >= 4 is 29.0 Å². The fourth-order valence-electron chi connectivity index (χ4n) is 3.17. The Labute approximate surface area is 168 Å². The molecule has 11 heteroatoms. The molecule has 0 unspecified atom stereocenters. The number of anilines is 4. The summed E-state index contributed by atoms with van der Waals surface area (Å²) in [5.41, 5.74) is 6.02. The van der Waals surface area contributed by atoms with Crippen molar-refractivity contribution in [2.24, 2.45) is 0 Å². The maximum atomic E-state index is 11.6. The number of nitrogen functional groups attached to an aromatic ring is 1. The SMILES string of the molecule is CCN1CCN(c2nc(N)c([N+](=O)[O-])c(Nc3cc(OC)ccc3OC)n2)CC1. The van der Waals surface area contributed by atoms with Gasteiger partial charge in [-0.2, -0.15) is 9.97 Å². The molecule has 3 N–H and O–H groups in total. The van der Waals surface area contributed by atoms with Crippen molar-refractivity contribution in [1.29, 1.82) is 0 Å². The number of nitrogens with zero attached hydrogens (tertiary/aromatic N) is 5. The Hall–Kier alpha value is -3.34. The molecule has 1 fully saturated rings. The lowest BCUT2D eigenvalue weighted by molar-refractivity contribution is -0.383. The number of ether oxygens (including phenoxy) is 2. The van der Waals surface area contributed by atoms with E-state index in [1.54, 1.807) is 18.2 Å². The number of hydrogen-bond acceptors (Lipinski definition) is 10. The summed E-state index contributed by atoms with van der Waals surface area (Å²) >= 11 is 0. The summed E-state index contributed by atoms with van der Waals surface area (Å²) in [5.74, 6) is 1.21. The number of methoxy groups -OCH3 is 2. The highest BCUT2D eigenvalue weighted by molar-refractivity contribution is 5.77. The number of nitrogens with one attached hydrogen (secondary N) is 1. The second-order valence-electron chi connectivity index (χ2n) is 6.48. The average molecular weight is 403 g/mol. The highest BCUT2D eigenvalue weighted by Gasteiger charge is 2.27. The Balaban J connectivity index is 1.99. The van der Waals surface area contributed by atoms with Gasteiger partial charge in [0.2, 0.25) is 17.6 Å². The number of aromatic nitrogens is 2. The Kier molecular flexibility index (Phi) is 6.17. The number of nitrogens with two attached hydrogens (primary N) is 1. The van der Waals surface area contributed by atoms with Crippen molar-refractivity contribution in [3.8, 4) is 11.5 Å². The number of nitro groups is 1. The van der Waals surface area contributed by atoms with Crippen LogP contribution in [-0.4, -0.2) is 66.7 Å². The number of benzene rings is 1. The fourth-order valence-corrected chi connectivity index (χ4v) is 3.17. The van der Waals surface area contributed by atoms with Gasteiger partial charge in [-0.15, -0.1) is 0 Å². The Bertz CT molecular complexity index is 885. The molecule has 0 amide bonds. The molecule has 1 aliphatic heterocycles. The van der Waals surface area contributed by atoms with E-state index >= 15 is 0 Å². The van der Waals surface area contributed by atoms with E-state index < -0.39 is 4.92 Å². The maximum absolute atomic E-state index is 11.6. The standard InChI is InChI=1S/C18H25N7O4/c1-4-23-7-9-24(10-8-23)18-21-16(19)15(25(26)27)17(22-18)20-13-11-12(28-2)5-6-14(13)29-3/h5-6,11H,4,7-10H2,1-3H3,(H3,19,20,21,22). The van der Waals surface area contributed by atoms with Gasteiger partial charge in [0.1, 0.15) is 11.5 Å². The minimum atomic E-state index is -0.594. The molecule has 1 saturated heterocycles. The van der Waals surface area contributed by atoms with Crippen molar-refractivity contribution < 1.29 is 14.4 Å². The van der Waals surface area contributed by atoms with Gasteiger partial charge in [0.15, 0.2) is 0 Å². The zero-order valence-corrected chi connectivity index (χ0v) is 16.7. The van der Waals surface area contributed by atoms with Crippen LogP contribution in [-0.2, 0) is 0 Å². The second-order valence-corrected chi connectivity index (χ2v) is 6.48. The minimum absolute atomic E-state index is 0.00183. The first-order chi connectivity index (χ1) is 14.0. The van der Waals surface area contributed by atoms with Crippen LogP contribution in [0.4, 0.5) is 29.0 Å². The fraction of sp³-hybridized carbons (Fsp3) is 0.444. The predicted octanol–water partition coefficient (Wildman–Crippen LogP) is 1.87. The molecular weight excluding hydrogens is 378 g/mol. The van der Waals surface area contributed by atoms with Crippen molar-refractivity contribution in [2.45, 2.75) is 6.92 Å². The van der Waals surface area contributed by atoms with Crippen LogP contribution in [0.5, 0.6) is 11.5 Å². The van der Waals surface area contributed by atoms with E-state index in [2.05, 4.69) is 27.1 Å². The van der Waals surface area contributed by atoms with Crippen LogP contribution in [0, 0.1) is 10.1 Å². The molecule has 156 valence electrons. The summed E-state index contributed by atoms with van der Waals surface area (Å²) in [6, 6.07) is 5.09. The van der Waals surface area contributed by atoms with Gasteiger partial charge in [-0.3, -0.25) is 10.1 Å². The predicted molar refractivity (Wildman–Crippen MR) is 110 cm³/mol. The summed E-state index contributed by atoms with van der Waals surface area (Å²) in [7, 11) is 3.04. The zero-order chi connectivity index (χ0) is 21.0. The van der Waals surface area contributed by atoms with Crippen LogP contribution in [0.25, 0.3) is 0 Å². The summed E-state index contributed by atoms with van der Waals surface area (Å²) < 4.78 is 10.6. The number of hydrogen-bond donors (Lipinski definition) is 2. The highest BCUT2D eigenvalue weighted by Crippen LogP contribution is 2.36. The van der Waals surface area contributed by atoms with Crippen LogP contribution in [0.3, 0.4) is 0 Å². The largest absolute Gasteiger partial charge is 0.497 e. The molecule has 0 bridgehead atoms. The van der Waals surface area contributed by atoms with Gasteiger partial charge >= 0.3 is 5.69 Å². The molecule has 0 spiro atoms. The average Bonchev–Trinajstić information content (AvgIpc) is 2.73. The molecule has 0 atom stereocenters. The van der Waals surface area contributed by atoms with Crippen LogP contribution in [0.15, 0.2) is 18.2 Å². The van der Waals surface area contributed by atoms with Crippen LogP contribution in [0.1, 0.15) is 6.92 Å². The van der Waals surface area contributed by atoms with Crippen molar-refractivity contribution in [3.05, 3.63) is 28.3 Å². The first kappa shape index (κ1) is 20.4. The van der Waals surface area contributed by atoms with Gasteiger partial charge < -0.3 is 30.3 Å². The first-order valence-electron chi connectivity index (χ1n) is 9.25. The van der Waals surface area contributed by atoms with Gasteiger partial charge in [-0.1, -0.05) is 6.92 Å². The molecule has 29 heavy (non-hydrogen) atoms. The van der Waals surface area contributed by atoms with Crippen molar-refractivity contribution in [3.63, 3.8) is 0 Å². The quantitative estimate of drug-likeness (QED) is 0.521. The lowest BCUT2D eigenvalue weighted by Crippen LogP contribution is -2.46. The first-order valence-corrected chi connectivity index (χ1v) is 9.25. The number of piperazine rings is 1. The highest BCUT2D eigenvalue weighted by atomic mass is 16.6. The van der Waals surface area contributed by atoms with Crippen LogP contribution >= 0.6 is 0 Å². The van der Waals surface area contributed by atoms with Gasteiger partial charge in [-0.05, 0) is 18.7 Å². The summed E-state index contributed by atoms with van der Waals surface area (Å²) in [4.78, 5) is 23.9. The van der Waals surface area contributed by atoms with Crippen molar-refractivity contribution in [1.82, 2.24) is 14.9 Å². The van der Waals surface area contributed by atoms with E-state index in [1.807, 2.05) is 4.90 Å². The zero-order valence-electron chi connectivity index (χ0n) is 16.7. The van der Waals surface area contributed by atoms with Gasteiger partial charge in [0.25, 0.3) is 0 Å². The van der Waals surface area contributed by atoms with Gasteiger partial charge in [0, 0.05) is 32.2 Å². The molecule has 3 rings (SSSR count). The third-order valence-electron chi connectivity index (χ3n) is 4.84. The van der Waals surface area contributed by atoms with Crippen LogP contribution < -0.4 is 25.4 Å². The number of likely N-dealkylation sites (N-methyl/N-ethyl adjacent to an activating group) is 1. The molecule has 2 aromatic rings. The topological polar surface area (TPSA) is 132 Å². The van der Waals surface area contributed by atoms with E-state index in [-0.39, 0.29) is 17.3 Å². The number of rotatable bonds is 7. The molecule has 0 radical (unpaired) electrons. The van der Waals surface area contributed by atoms with E-state index in [4.69, 9.17) is 15.2 Å². The van der Waals surface area contributed by atoms with Gasteiger partial charge in [0.05, 0.1) is 24.8 Å². The Morgan fingerprint density at radius 2 is 1.93 bits per heavy atom. The maximum Gasteiger partial charge on any atom is 0.353 e. The molecule has 1 aromatic carbocycles. The van der Waals surface area contributed by atoms with E-state index in [1.165, 1.54) is 14.2 Å². The minimum Gasteiger partial charge on any atom is -0.497 e. The molecule has 1 aliphatic rings. The summed E-state index contributed by atoms with van der Waals surface area (Å²) in [6.07, 6.45) is 0. The van der Waals surface area contributed by atoms with Crippen molar-refractivity contribution in [2.75, 3.05) is 62.9 Å². The molecule has 0 saturated carbocycles. The second kappa shape index (κ2) is 8.78. The monoisotopic (exact) mass is 403 g/mol. The third kappa shape index (κ3) is 4.40. The molecule has 11 nitrogen and oxygen atoms in total. The lowest BCUT2D eigenvalue weighted by atomic mass is 10.2. The smallest absolute Gasteiger partial charge is 0.353 e. The Morgan fingerprint density at radius 3 is 2.52 bits per heavy atom. The Morgan fingerprint density at radius 1 is 1.21 bits per heavy atom. The summed E-state index contributed by atoms with van der Waals surface area (Å²) in [5, 5.41) is 14.6. The normalized spacial score (nSPS) is 14.5. The molecular formula is C18H25N7O4. The van der Waals surface area contributed by atoms with E-state index in [0.29, 0.717) is 36.2 Å². The molecule has 2 heterocycles.